The van der Waals surface area contributed by atoms with Gasteiger partial charge in [0.25, 0.3) is 11.8 Å². The molecule has 1 aliphatic rings. The molecule has 0 spiro atoms. The molecule has 166 valence electrons. The predicted octanol–water partition coefficient (Wildman–Crippen LogP) is 4.33. The van der Waals surface area contributed by atoms with Crippen molar-refractivity contribution in [1.29, 1.82) is 0 Å². The van der Waals surface area contributed by atoms with Gasteiger partial charge in [-0.2, -0.15) is 0 Å². The molecule has 33 heavy (non-hydrogen) atoms. The van der Waals surface area contributed by atoms with E-state index in [2.05, 4.69) is 0 Å². The topological polar surface area (TPSA) is 90.0 Å². The maximum Gasteiger partial charge on any atom is 0.338 e. The molecule has 0 fully saturated rings. The first-order chi connectivity index (χ1) is 15.8. The number of hydrogen-bond acceptors (Lipinski definition) is 6. The summed E-state index contributed by atoms with van der Waals surface area (Å²) < 4.78 is 23.3. The molecular formula is C24H15ClFNO6. The number of hydrogen-bond donors (Lipinski definition) is 0. The van der Waals surface area contributed by atoms with Crippen LogP contribution in [0.1, 0.15) is 41.4 Å². The molecule has 7 nitrogen and oxygen atoms in total. The average Bonchev–Trinajstić information content (AvgIpc) is 3.07. The van der Waals surface area contributed by atoms with Crippen molar-refractivity contribution in [1.82, 2.24) is 0 Å². The van der Waals surface area contributed by atoms with E-state index in [9.17, 15) is 23.6 Å². The maximum atomic E-state index is 13.0. The van der Waals surface area contributed by atoms with Crippen LogP contribution < -0.4 is 9.64 Å². The van der Waals surface area contributed by atoms with Gasteiger partial charge in [-0.3, -0.25) is 14.4 Å². The first-order valence-corrected chi connectivity index (χ1v) is 10.00. The molecule has 0 radical (unpaired) electrons. The molecule has 1 heterocycles. The summed E-state index contributed by atoms with van der Waals surface area (Å²) in [6, 6.07) is 13.2. The van der Waals surface area contributed by atoms with Crippen molar-refractivity contribution in [2.75, 3.05) is 18.6 Å². The number of carbonyl (C=O) groups excluding carboxylic acids is 4. The molecule has 9 heteroatoms. The third kappa shape index (κ3) is 4.20. The van der Waals surface area contributed by atoms with Crippen LogP contribution in [0.5, 0.6) is 5.75 Å². The van der Waals surface area contributed by atoms with Crippen molar-refractivity contribution in [2.45, 2.75) is 0 Å². The van der Waals surface area contributed by atoms with Gasteiger partial charge in [0.05, 0.1) is 29.5 Å². The van der Waals surface area contributed by atoms with E-state index in [-0.39, 0.29) is 33.7 Å². The minimum Gasteiger partial charge on any atom is -0.495 e. The van der Waals surface area contributed by atoms with Crippen LogP contribution in [-0.4, -0.2) is 37.3 Å². The smallest absolute Gasteiger partial charge is 0.338 e. The summed E-state index contributed by atoms with van der Waals surface area (Å²) in [5, 5.41) is 0.303. The molecule has 0 atom stereocenters. The molecule has 0 saturated heterocycles. The molecule has 0 aromatic heterocycles. The van der Waals surface area contributed by atoms with E-state index in [1.54, 1.807) is 6.07 Å². The Balaban J connectivity index is 1.54. The standard InChI is InChI=1S/C24H15ClFNO6/c1-32-21-9-5-15(25)11-19(21)27-22(29)17-8-4-14(10-18(17)23(27)30)24(31)33-12-20(28)13-2-6-16(26)7-3-13/h2-11H,12H2,1H3. The molecule has 0 aliphatic carbocycles. The van der Waals surface area contributed by atoms with Gasteiger partial charge in [-0.15, -0.1) is 0 Å². The van der Waals surface area contributed by atoms with Gasteiger partial charge in [0.15, 0.2) is 12.4 Å². The Morgan fingerprint density at radius 2 is 1.58 bits per heavy atom. The third-order valence-corrected chi connectivity index (χ3v) is 5.24. The lowest BCUT2D eigenvalue weighted by Gasteiger charge is -2.17. The molecule has 0 N–H and O–H groups in total. The van der Waals surface area contributed by atoms with Crippen LogP contribution >= 0.6 is 11.6 Å². The van der Waals surface area contributed by atoms with Crippen LogP contribution in [0.15, 0.2) is 60.7 Å². The van der Waals surface area contributed by atoms with Crippen molar-refractivity contribution in [3.05, 3.63) is 93.8 Å². The number of fused-ring (bicyclic) bond motifs is 1. The number of amides is 2. The van der Waals surface area contributed by atoms with Gasteiger partial charge >= 0.3 is 5.97 Å². The van der Waals surface area contributed by atoms with Crippen LogP contribution in [0.3, 0.4) is 0 Å². The van der Waals surface area contributed by atoms with E-state index in [4.69, 9.17) is 21.1 Å². The van der Waals surface area contributed by atoms with Gasteiger partial charge in [-0.1, -0.05) is 11.6 Å². The number of carbonyl (C=O) groups is 4. The van der Waals surface area contributed by atoms with E-state index in [1.165, 1.54) is 49.6 Å². The second-order valence-corrected chi connectivity index (χ2v) is 7.46. The van der Waals surface area contributed by atoms with E-state index in [0.29, 0.717) is 5.02 Å². The summed E-state index contributed by atoms with van der Waals surface area (Å²) >= 11 is 6.03. The zero-order chi connectivity index (χ0) is 23.7. The molecule has 0 saturated carbocycles. The Morgan fingerprint density at radius 3 is 2.27 bits per heavy atom. The molecule has 0 bridgehead atoms. The van der Waals surface area contributed by atoms with E-state index in [0.717, 1.165) is 17.0 Å². The SMILES string of the molecule is COc1ccc(Cl)cc1N1C(=O)c2ccc(C(=O)OCC(=O)c3ccc(F)cc3)cc2C1=O. The minimum absolute atomic E-state index is 0.00124. The monoisotopic (exact) mass is 467 g/mol. The maximum absolute atomic E-state index is 13.0. The lowest BCUT2D eigenvalue weighted by atomic mass is 10.1. The summed E-state index contributed by atoms with van der Waals surface area (Å²) in [6.07, 6.45) is 0. The Labute approximate surface area is 192 Å². The number of anilines is 1. The zero-order valence-corrected chi connectivity index (χ0v) is 17.9. The number of Topliss-reactive ketones (excluding diaryl/α,β-unsaturated/α-hetero) is 1. The third-order valence-electron chi connectivity index (χ3n) is 5.00. The fourth-order valence-electron chi connectivity index (χ4n) is 3.36. The summed E-state index contributed by atoms with van der Waals surface area (Å²) in [4.78, 5) is 51.4. The number of ether oxygens (including phenoxy) is 2. The van der Waals surface area contributed by atoms with Crippen molar-refractivity contribution >= 4 is 40.9 Å². The van der Waals surface area contributed by atoms with Gasteiger partial charge in [0.1, 0.15) is 11.6 Å². The summed E-state index contributed by atoms with van der Waals surface area (Å²) in [5.41, 5.74) is 0.444. The van der Waals surface area contributed by atoms with Gasteiger partial charge in [0.2, 0.25) is 0 Å². The molecule has 1 aliphatic heterocycles. The zero-order valence-electron chi connectivity index (χ0n) is 17.1. The van der Waals surface area contributed by atoms with Gasteiger partial charge in [-0.25, -0.2) is 14.1 Å². The molecular weight excluding hydrogens is 453 g/mol. The Hall–Kier alpha value is -4.04. The lowest BCUT2D eigenvalue weighted by molar-refractivity contribution is 0.0474. The van der Waals surface area contributed by atoms with Crippen LogP contribution in [-0.2, 0) is 4.74 Å². The fourth-order valence-corrected chi connectivity index (χ4v) is 3.52. The predicted molar refractivity (Wildman–Crippen MR) is 117 cm³/mol. The second-order valence-electron chi connectivity index (χ2n) is 7.03. The average molecular weight is 468 g/mol. The quantitative estimate of drug-likeness (QED) is 0.304. The molecule has 0 unspecified atom stereocenters. The Morgan fingerprint density at radius 1 is 0.909 bits per heavy atom. The fraction of sp³-hybridized carbons (Fsp3) is 0.0833. The number of halogens is 2. The van der Waals surface area contributed by atoms with Crippen molar-refractivity contribution in [2.24, 2.45) is 0 Å². The summed E-state index contributed by atoms with van der Waals surface area (Å²) in [6.45, 7) is -0.569. The molecule has 3 aromatic carbocycles. The summed E-state index contributed by atoms with van der Waals surface area (Å²) in [7, 11) is 1.40. The largest absolute Gasteiger partial charge is 0.495 e. The first kappa shape index (κ1) is 22.2. The van der Waals surface area contributed by atoms with Crippen LogP contribution in [0.4, 0.5) is 10.1 Å². The van der Waals surface area contributed by atoms with E-state index >= 15 is 0 Å². The highest BCUT2D eigenvalue weighted by Gasteiger charge is 2.38. The number of esters is 1. The van der Waals surface area contributed by atoms with Gasteiger partial charge in [-0.05, 0) is 60.7 Å². The highest BCUT2D eigenvalue weighted by Crippen LogP contribution is 2.37. The normalized spacial score (nSPS) is 12.5. The van der Waals surface area contributed by atoms with Crippen LogP contribution in [0.25, 0.3) is 0 Å². The number of benzene rings is 3. The number of nitrogens with zero attached hydrogens (tertiary/aromatic N) is 1. The number of ketones is 1. The van der Waals surface area contributed by atoms with E-state index < -0.39 is 36.0 Å². The Kier molecular flexibility index (Phi) is 5.93. The highest BCUT2D eigenvalue weighted by molar-refractivity contribution is 6.36. The minimum atomic E-state index is -0.854. The number of methoxy groups -OCH3 is 1. The van der Waals surface area contributed by atoms with Crippen LogP contribution in [0.2, 0.25) is 5.02 Å². The highest BCUT2D eigenvalue weighted by atomic mass is 35.5. The second kappa shape index (κ2) is 8.84. The van der Waals surface area contributed by atoms with Crippen molar-refractivity contribution in [3.8, 4) is 5.75 Å². The Bertz CT molecular complexity index is 1300. The molecule has 2 amide bonds. The first-order valence-electron chi connectivity index (χ1n) is 9.62. The van der Waals surface area contributed by atoms with Crippen molar-refractivity contribution < 1.29 is 33.0 Å². The molecule has 4 rings (SSSR count). The number of imide groups is 1. The number of rotatable bonds is 6. The van der Waals surface area contributed by atoms with E-state index in [1.807, 2.05) is 0 Å². The summed E-state index contributed by atoms with van der Waals surface area (Å²) in [5.74, 6) is -2.85. The molecule has 3 aromatic rings. The van der Waals surface area contributed by atoms with Crippen molar-refractivity contribution in [3.63, 3.8) is 0 Å². The van der Waals surface area contributed by atoms with Gasteiger partial charge < -0.3 is 9.47 Å². The van der Waals surface area contributed by atoms with Gasteiger partial charge in [0, 0.05) is 10.6 Å². The van der Waals surface area contributed by atoms with Crippen LogP contribution in [0, 0.1) is 5.82 Å². The lowest BCUT2D eigenvalue weighted by Crippen LogP contribution is -2.29.